The zero-order valence-electron chi connectivity index (χ0n) is 8.62. The maximum Gasteiger partial charge on any atom is 0.513 e. The van der Waals surface area contributed by atoms with Gasteiger partial charge in [-0.3, -0.25) is 4.79 Å². The fraction of sp³-hybridized carbons (Fsp3) is 0.300. The van der Waals surface area contributed by atoms with Gasteiger partial charge in [0, 0.05) is 18.4 Å². The number of carboxylic acids is 1. The largest absolute Gasteiger partial charge is 0.513 e. The summed E-state index contributed by atoms with van der Waals surface area (Å²) in [6.07, 6.45) is 0.232. The lowest BCUT2D eigenvalue weighted by Crippen LogP contribution is -2.15. The molecule has 0 aromatic carbocycles. The van der Waals surface area contributed by atoms with Crippen molar-refractivity contribution in [2.75, 3.05) is 0 Å². The number of hydrogen-bond acceptors (Lipinski definition) is 4. The molecule has 1 aromatic heterocycles. The lowest BCUT2D eigenvalue weighted by atomic mass is 10.0. The van der Waals surface area contributed by atoms with Crippen LogP contribution < -0.4 is 0 Å². The number of carbonyl (C=O) groups excluding carboxylic acids is 1. The van der Waals surface area contributed by atoms with E-state index in [9.17, 15) is 14.4 Å². The molecule has 1 aliphatic rings. The Hall–Kier alpha value is -2.31. The van der Waals surface area contributed by atoms with E-state index in [1.54, 1.807) is 10.8 Å². The van der Waals surface area contributed by atoms with Crippen molar-refractivity contribution in [1.29, 1.82) is 0 Å². The Morgan fingerprint density at radius 1 is 1.35 bits per heavy atom. The van der Waals surface area contributed by atoms with Crippen LogP contribution in [-0.2, 0) is 16.1 Å². The van der Waals surface area contributed by atoms with E-state index in [4.69, 9.17) is 10.2 Å². The minimum absolute atomic E-state index is 0.00250. The summed E-state index contributed by atoms with van der Waals surface area (Å²) in [5.41, 5.74) is 0.307. The highest BCUT2D eigenvalue weighted by molar-refractivity contribution is 5.97. The zero-order chi connectivity index (χ0) is 12.6. The van der Waals surface area contributed by atoms with E-state index in [0.29, 0.717) is 18.7 Å². The van der Waals surface area contributed by atoms with Gasteiger partial charge in [-0.1, -0.05) is 0 Å². The Morgan fingerprint density at radius 2 is 2.06 bits per heavy atom. The number of esters is 1. The number of carbonyl (C=O) groups is 3. The fourth-order valence-corrected chi connectivity index (χ4v) is 2.02. The second-order valence-electron chi connectivity index (χ2n) is 3.64. The first-order valence-electron chi connectivity index (χ1n) is 4.87. The molecule has 0 amide bonds. The molecule has 0 bridgehead atoms. The molecule has 1 aromatic rings. The van der Waals surface area contributed by atoms with Crippen molar-refractivity contribution >= 4 is 18.1 Å². The molecular weight excluding hydrogens is 230 g/mol. The van der Waals surface area contributed by atoms with Crippen LogP contribution in [0.15, 0.2) is 12.3 Å². The lowest BCUT2D eigenvalue weighted by Gasteiger charge is -2.05. The van der Waals surface area contributed by atoms with Gasteiger partial charge in [0.05, 0.1) is 11.5 Å². The number of fused-ring (bicyclic) bond motifs is 1. The Bertz CT molecular complexity index is 503. The Kier molecular flexibility index (Phi) is 2.58. The molecular formula is C10H9NO6. The van der Waals surface area contributed by atoms with Crippen LogP contribution in [0.1, 0.15) is 28.4 Å². The van der Waals surface area contributed by atoms with Gasteiger partial charge in [0.25, 0.3) is 0 Å². The van der Waals surface area contributed by atoms with E-state index in [2.05, 4.69) is 4.74 Å². The predicted molar refractivity (Wildman–Crippen MR) is 52.9 cm³/mol. The highest BCUT2D eigenvalue weighted by Gasteiger charge is 2.34. The number of ether oxygens (including phenoxy) is 1. The van der Waals surface area contributed by atoms with Crippen molar-refractivity contribution < 1.29 is 29.3 Å². The number of carboxylic acid groups (broad SMARTS) is 2. The number of aromatic nitrogens is 1. The van der Waals surface area contributed by atoms with Crippen molar-refractivity contribution in [3.8, 4) is 0 Å². The van der Waals surface area contributed by atoms with E-state index < -0.39 is 24.0 Å². The van der Waals surface area contributed by atoms with E-state index in [0.717, 1.165) is 0 Å². The first kappa shape index (κ1) is 11.2. The van der Waals surface area contributed by atoms with Crippen molar-refractivity contribution in [3.05, 3.63) is 23.5 Å². The third kappa shape index (κ3) is 1.86. The summed E-state index contributed by atoms with van der Waals surface area (Å²) in [5, 5.41) is 17.3. The molecule has 17 heavy (non-hydrogen) atoms. The molecule has 2 heterocycles. The molecule has 0 saturated heterocycles. The van der Waals surface area contributed by atoms with Gasteiger partial charge in [-0.15, -0.1) is 0 Å². The topological polar surface area (TPSA) is 106 Å². The molecule has 7 nitrogen and oxygen atoms in total. The predicted octanol–water partition coefficient (Wildman–Crippen LogP) is 0.895. The normalized spacial score (nSPS) is 17.5. The van der Waals surface area contributed by atoms with Gasteiger partial charge in [-0.25, -0.2) is 9.59 Å². The minimum Gasteiger partial charge on any atom is -0.481 e. The minimum atomic E-state index is -1.71. The van der Waals surface area contributed by atoms with Crippen molar-refractivity contribution in [2.45, 2.75) is 18.9 Å². The molecule has 0 spiro atoms. The zero-order valence-corrected chi connectivity index (χ0v) is 8.62. The van der Waals surface area contributed by atoms with Crippen molar-refractivity contribution in [1.82, 2.24) is 4.57 Å². The van der Waals surface area contributed by atoms with Gasteiger partial charge in [-0.05, 0) is 12.5 Å². The van der Waals surface area contributed by atoms with Gasteiger partial charge in [0.1, 0.15) is 0 Å². The van der Waals surface area contributed by atoms with Crippen LogP contribution in [-0.4, -0.2) is 32.9 Å². The molecule has 0 saturated carbocycles. The monoisotopic (exact) mass is 239 g/mol. The van der Waals surface area contributed by atoms with Crippen LogP contribution in [0.2, 0.25) is 0 Å². The van der Waals surface area contributed by atoms with Crippen LogP contribution in [0, 0.1) is 0 Å². The second kappa shape index (κ2) is 3.93. The maximum atomic E-state index is 11.4. The summed E-state index contributed by atoms with van der Waals surface area (Å²) in [5.74, 6) is -2.87. The summed E-state index contributed by atoms with van der Waals surface area (Å²) in [6.45, 7) is 0.493. The highest BCUT2D eigenvalue weighted by atomic mass is 16.7. The first-order chi connectivity index (χ1) is 8.00. The Labute approximate surface area is 95.2 Å². The quantitative estimate of drug-likeness (QED) is 0.586. The van der Waals surface area contributed by atoms with Crippen LogP contribution >= 0.6 is 0 Å². The van der Waals surface area contributed by atoms with Gasteiger partial charge in [-0.2, -0.15) is 0 Å². The van der Waals surface area contributed by atoms with Crippen LogP contribution in [0.4, 0.5) is 4.79 Å². The molecule has 2 rings (SSSR count). The lowest BCUT2D eigenvalue weighted by molar-refractivity contribution is -0.138. The van der Waals surface area contributed by atoms with Gasteiger partial charge < -0.3 is 19.5 Å². The molecule has 0 aliphatic carbocycles. The smallest absolute Gasteiger partial charge is 0.481 e. The average molecular weight is 239 g/mol. The molecule has 90 valence electrons. The summed E-state index contributed by atoms with van der Waals surface area (Å²) < 4.78 is 5.64. The van der Waals surface area contributed by atoms with Crippen molar-refractivity contribution in [2.24, 2.45) is 0 Å². The SMILES string of the molecule is O=C(O)OC(=O)c1ccn2c1C(C(=O)O)CC2. The first-order valence-corrected chi connectivity index (χ1v) is 4.87. The summed E-state index contributed by atoms with van der Waals surface area (Å²) >= 11 is 0. The number of nitrogens with zero attached hydrogens (tertiary/aromatic N) is 1. The van der Waals surface area contributed by atoms with Gasteiger partial charge in [0.2, 0.25) is 0 Å². The molecule has 1 unspecified atom stereocenters. The molecule has 2 N–H and O–H groups in total. The molecule has 7 heteroatoms. The van der Waals surface area contributed by atoms with Crippen LogP contribution in [0.5, 0.6) is 0 Å². The van der Waals surface area contributed by atoms with Crippen molar-refractivity contribution in [3.63, 3.8) is 0 Å². The van der Waals surface area contributed by atoms with Crippen LogP contribution in [0.25, 0.3) is 0 Å². The van der Waals surface area contributed by atoms with E-state index >= 15 is 0 Å². The summed E-state index contributed by atoms with van der Waals surface area (Å²) in [6, 6.07) is 1.37. The fourth-order valence-electron chi connectivity index (χ4n) is 2.02. The number of aryl methyl sites for hydroxylation is 1. The van der Waals surface area contributed by atoms with Crippen LogP contribution in [0.3, 0.4) is 0 Å². The Balaban J connectivity index is 2.35. The number of rotatable bonds is 2. The Morgan fingerprint density at radius 3 is 2.65 bits per heavy atom. The standard InChI is InChI=1S/C10H9NO6/c12-8(13)5-1-3-11-4-2-6(7(5)11)9(14)17-10(15)16/h2,4-5H,1,3H2,(H,12,13)(H,15,16). The third-order valence-electron chi connectivity index (χ3n) is 2.69. The maximum absolute atomic E-state index is 11.4. The summed E-state index contributed by atoms with van der Waals surface area (Å²) in [4.78, 5) is 32.7. The van der Waals surface area contributed by atoms with Gasteiger partial charge >= 0.3 is 18.1 Å². The number of hydrogen-bond donors (Lipinski definition) is 2. The van der Waals surface area contributed by atoms with E-state index in [1.807, 2.05) is 0 Å². The van der Waals surface area contributed by atoms with Gasteiger partial charge in [0.15, 0.2) is 0 Å². The number of aliphatic carboxylic acids is 1. The summed E-state index contributed by atoms with van der Waals surface area (Å²) in [7, 11) is 0. The highest BCUT2D eigenvalue weighted by Crippen LogP contribution is 2.32. The molecule has 1 aliphatic heterocycles. The average Bonchev–Trinajstić information content (AvgIpc) is 2.73. The van der Waals surface area contributed by atoms with E-state index in [-0.39, 0.29) is 5.56 Å². The second-order valence-corrected chi connectivity index (χ2v) is 3.64. The molecule has 1 atom stereocenters. The third-order valence-corrected chi connectivity index (χ3v) is 2.69. The van der Waals surface area contributed by atoms with E-state index in [1.165, 1.54) is 6.07 Å². The molecule has 0 fully saturated rings. The molecule has 0 radical (unpaired) electrons.